The van der Waals surface area contributed by atoms with Gasteiger partial charge >= 0.3 is 0 Å². The van der Waals surface area contributed by atoms with E-state index in [1.807, 2.05) is 0 Å². The van der Waals surface area contributed by atoms with Crippen LogP contribution in [0, 0.1) is 0 Å². The molecule has 2 aromatic carbocycles. The monoisotopic (exact) mass is 440 g/mol. The number of fused-ring (bicyclic) bond motifs is 1. The number of aromatic hydroxyl groups is 1. The van der Waals surface area contributed by atoms with E-state index in [1.54, 1.807) is 30.3 Å². The minimum atomic E-state index is -0.523. The zero-order chi connectivity index (χ0) is 23.1. The molecule has 170 valence electrons. The third-order valence-corrected chi connectivity index (χ3v) is 5.09. The van der Waals surface area contributed by atoms with Crippen LogP contribution in [-0.2, 0) is 6.54 Å². The summed E-state index contributed by atoms with van der Waals surface area (Å²) in [7, 11) is 2.99. The number of ether oxygens (including phenoxy) is 3. The molecule has 1 amide bonds. The number of nitrogens with one attached hydrogen (secondary N) is 2. The lowest BCUT2D eigenvalue weighted by Crippen LogP contribution is -2.29. The normalized spacial score (nSPS) is 10.7. The molecule has 1 aromatic heterocycles. The topological polar surface area (TPSA) is 110 Å². The van der Waals surface area contributed by atoms with Gasteiger partial charge in [-0.15, -0.1) is 0 Å². The molecule has 0 aliphatic rings. The van der Waals surface area contributed by atoms with Gasteiger partial charge in [0.15, 0.2) is 23.0 Å². The number of rotatable bonds is 10. The molecular weight excluding hydrogens is 412 g/mol. The maximum atomic E-state index is 12.7. The van der Waals surface area contributed by atoms with E-state index in [0.717, 1.165) is 24.8 Å². The second kappa shape index (κ2) is 10.6. The van der Waals surface area contributed by atoms with E-state index in [-0.39, 0.29) is 17.9 Å². The van der Waals surface area contributed by atoms with Crippen LogP contribution in [0.5, 0.6) is 23.0 Å². The molecule has 0 fully saturated rings. The van der Waals surface area contributed by atoms with Crippen molar-refractivity contribution in [3.05, 3.63) is 57.9 Å². The van der Waals surface area contributed by atoms with Crippen molar-refractivity contribution in [1.29, 1.82) is 0 Å². The van der Waals surface area contributed by atoms with Crippen molar-refractivity contribution in [1.82, 2.24) is 10.3 Å². The summed E-state index contributed by atoms with van der Waals surface area (Å²) in [6, 6.07) is 9.83. The van der Waals surface area contributed by atoms with Crippen LogP contribution in [0.25, 0.3) is 10.9 Å². The van der Waals surface area contributed by atoms with Gasteiger partial charge < -0.3 is 29.6 Å². The van der Waals surface area contributed by atoms with Gasteiger partial charge in [-0.05, 0) is 42.3 Å². The van der Waals surface area contributed by atoms with Crippen LogP contribution < -0.4 is 25.1 Å². The highest BCUT2D eigenvalue weighted by Gasteiger charge is 2.17. The van der Waals surface area contributed by atoms with E-state index in [0.29, 0.717) is 34.8 Å². The van der Waals surface area contributed by atoms with Crippen LogP contribution in [-0.4, -0.2) is 36.8 Å². The van der Waals surface area contributed by atoms with Crippen LogP contribution in [0.15, 0.2) is 41.2 Å². The summed E-state index contributed by atoms with van der Waals surface area (Å²) in [6.07, 6.45) is 3.01. The number of pyridine rings is 1. The van der Waals surface area contributed by atoms with Crippen molar-refractivity contribution in [2.45, 2.75) is 32.7 Å². The highest BCUT2D eigenvalue weighted by atomic mass is 16.5. The van der Waals surface area contributed by atoms with Crippen LogP contribution in [0.2, 0.25) is 0 Å². The average molecular weight is 440 g/mol. The Morgan fingerprint density at radius 3 is 2.56 bits per heavy atom. The second-order valence-corrected chi connectivity index (χ2v) is 7.32. The lowest BCUT2D eigenvalue weighted by molar-refractivity contribution is 0.0949. The first-order chi connectivity index (χ1) is 15.5. The molecule has 0 saturated heterocycles. The maximum Gasteiger partial charge on any atom is 0.261 e. The SMILES string of the molecule is CCCCCOc1c(OC)ccc2cc(C(=O)NCc3ccc(O)c(OC)c3)c(=O)[nH]c12. The van der Waals surface area contributed by atoms with E-state index in [4.69, 9.17) is 14.2 Å². The van der Waals surface area contributed by atoms with E-state index in [9.17, 15) is 14.7 Å². The molecule has 0 saturated carbocycles. The van der Waals surface area contributed by atoms with Gasteiger partial charge in [0.2, 0.25) is 0 Å². The molecule has 1 heterocycles. The summed E-state index contributed by atoms with van der Waals surface area (Å²) in [5.41, 5.74) is 0.679. The Morgan fingerprint density at radius 2 is 1.84 bits per heavy atom. The molecule has 0 bridgehead atoms. The number of unbranched alkanes of at least 4 members (excludes halogenated alkanes) is 2. The summed E-state index contributed by atoms with van der Waals surface area (Å²) >= 11 is 0. The number of amides is 1. The number of benzene rings is 2. The predicted molar refractivity (Wildman–Crippen MR) is 122 cm³/mol. The molecule has 0 atom stereocenters. The van der Waals surface area contributed by atoms with Crippen molar-refractivity contribution in [2.75, 3.05) is 20.8 Å². The van der Waals surface area contributed by atoms with Crippen LogP contribution in [0.4, 0.5) is 0 Å². The van der Waals surface area contributed by atoms with Crippen molar-refractivity contribution < 1.29 is 24.1 Å². The first kappa shape index (κ1) is 23.0. The van der Waals surface area contributed by atoms with Gasteiger partial charge in [0.1, 0.15) is 5.56 Å². The molecular formula is C24H28N2O6. The van der Waals surface area contributed by atoms with Gasteiger partial charge in [-0.2, -0.15) is 0 Å². The Kier molecular flexibility index (Phi) is 7.59. The fraction of sp³-hybridized carbons (Fsp3) is 0.333. The quantitative estimate of drug-likeness (QED) is 0.414. The van der Waals surface area contributed by atoms with Crippen LogP contribution >= 0.6 is 0 Å². The Labute approximate surface area is 186 Å². The number of aromatic amines is 1. The summed E-state index contributed by atoms with van der Waals surface area (Å²) in [5.74, 6) is 0.781. The molecule has 0 unspecified atom stereocenters. The molecule has 32 heavy (non-hydrogen) atoms. The Morgan fingerprint density at radius 1 is 1.06 bits per heavy atom. The highest BCUT2D eigenvalue weighted by Crippen LogP contribution is 2.34. The summed E-state index contributed by atoms with van der Waals surface area (Å²) < 4.78 is 16.4. The van der Waals surface area contributed by atoms with Crippen molar-refractivity contribution in [3.8, 4) is 23.0 Å². The molecule has 3 aromatic rings. The van der Waals surface area contributed by atoms with Crippen molar-refractivity contribution in [2.24, 2.45) is 0 Å². The number of carbonyl (C=O) groups is 1. The number of carbonyl (C=O) groups excluding carboxylic acids is 1. The molecule has 3 rings (SSSR count). The summed E-state index contributed by atoms with van der Waals surface area (Å²) in [4.78, 5) is 28.2. The highest BCUT2D eigenvalue weighted by molar-refractivity contribution is 5.98. The van der Waals surface area contributed by atoms with Gasteiger partial charge in [-0.25, -0.2) is 0 Å². The molecule has 0 radical (unpaired) electrons. The number of H-pyrrole nitrogens is 1. The van der Waals surface area contributed by atoms with E-state index in [2.05, 4.69) is 17.2 Å². The van der Waals surface area contributed by atoms with Gasteiger partial charge in [-0.1, -0.05) is 25.8 Å². The minimum Gasteiger partial charge on any atom is -0.504 e. The third kappa shape index (κ3) is 5.14. The fourth-order valence-electron chi connectivity index (χ4n) is 3.34. The summed E-state index contributed by atoms with van der Waals surface area (Å²) in [6.45, 7) is 2.78. The number of hydrogen-bond acceptors (Lipinski definition) is 6. The lowest BCUT2D eigenvalue weighted by atomic mass is 10.1. The largest absolute Gasteiger partial charge is 0.504 e. The molecule has 8 heteroatoms. The number of hydrogen-bond donors (Lipinski definition) is 3. The minimum absolute atomic E-state index is 0.00894. The Hall–Kier alpha value is -3.68. The molecule has 0 spiro atoms. The zero-order valence-corrected chi connectivity index (χ0v) is 18.5. The standard InChI is InChI=1S/C24H28N2O6/c1-4-5-6-11-32-22-19(30-2)10-8-16-13-17(24(29)26-21(16)22)23(28)25-14-15-7-9-18(27)20(12-15)31-3/h7-10,12-13,27H,4-6,11,14H2,1-3H3,(H,25,28)(H,26,29). The lowest BCUT2D eigenvalue weighted by Gasteiger charge is -2.14. The predicted octanol–water partition coefficient (Wildman–Crippen LogP) is 3.75. The average Bonchev–Trinajstić information content (AvgIpc) is 2.80. The van der Waals surface area contributed by atoms with Crippen molar-refractivity contribution in [3.63, 3.8) is 0 Å². The smallest absolute Gasteiger partial charge is 0.261 e. The number of aromatic nitrogens is 1. The molecule has 3 N–H and O–H groups in total. The maximum absolute atomic E-state index is 12.7. The Bertz CT molecular complexity index is 1160. The second-order valence-electron chi connectivity index (χ2n) is 7.32. The molecule has 8 nitrogen and oxygen atoms in total. The van der Waals surface area contributed by atoms with E-state index < -0.39 is 11.5 Å². The van der Waals surface area contributed by atoms with Gasteiger partial charge in [-0.3, -0.25) is 9.59 Å². The Balaban J connectivity index is 1.83. The van der Waals surface area contributed by atoms with Crippen LogP contribution in [0.1, 0.15) is 42.1 Å². The van der Waals surface area contributed by atoms with Gasteiger partial charge in [0.05, 0.1) is 26.3 Å². The van der Waals surface area contributed by atoms with Gasteiger partial charge in [0.25, 0.3) is 11.5 Å². The first-order valence-electron chi connectivity index (χ1n) is 10.5. The number of phenols is 1. The van der Waals surface area contributed by atoms with Gasteiger partial charge in [0, 0.05) is 11.9 Å². The number of phenolic OH excluding ortho intramolecular Hbond substituents is 1. The van der Waals surface area contributed by atoms with Crippen LogP contribution in [0.3, 0.4) is 0 Å². The van der Waals surface area contributed by atoms with Crippen molar-refractivity contribution >= 4 is 16.8 Å². The summed E-state index contributed by atoms with van der Waals surface area (Å²) in [5, 5.41) is 13.1. The van der Waals surface area contributed by atoms with E-state index >= 15 is 0 Å². The first-order valence-corrected chi connectivity index (χ1v) is 10.5. The molecule has 0 aliphatic carbocycles. The molecule has 0 aliphatic heterocycles. The zero-order valence-electron chi connectivity index (χ0n) is 18.5. The fourth-order valence-corrected chi connectivity index (χ4v) is 3.34. The third-order valence-electron chi connectivity index (χ3n) is 5.09. The number of methoxy groups -OCH3 is 2. The van der Waals surface area contributed by atoms with E-state index in [1.165, 1.54) is 20.3 Å².